The van der Waals surface area contributed by atoms with Crippen molar-refractivity contribution in [2.24, 2.45) is 5.92 Å². The predicted octanol–water partition coefficient (Wildman–Crippen LogP) is 2.46. The smallest absolute Gasteiger partial charge is 0.0336 e. The molecule has 1 fully saturated rings. The van der Waals surface area contributed by atoms with Gasteiger partial charge in [-0.1, -0.05) is 19.9 Å². The second-order valence-electron chi connectivity index (χ2n) is 5.74. The fraction of sp³-hybridized carbons (Fsp3) is 0.667. The Labute approximate surface area is 111 Å². The molecule has 0 aromatic carbocycles. The second kappa shape index (κ2) is 6.30. The van der Waals surface area contributed by atoms with E-state index in [0.29, 0.717) is 12.1 Å². The zero-order valence-corrected chi connectivity index (χ0v) is 11.8. The lowest BCUT2D eigenvalue weighted by atomic mass is 10.00. The van der Waals surface area contributed by atoms with Crippen LogP contribution in [0.2, 0.25) is 0 Å². The Kier molecular flexibility index (Phi) is 4.72. The molecular formula is C15H25N3. The molecule has 0 saturated carbocycles. The Morgan fingerprint density at radius 2 is 2.28 bits per heavy atom. The van der Waals surface area contributed by atoms with E-state index in [0.717, 1.165) is 25.6 Å². The molecule has 3 heteroatoms. The monoisotopic (exact) mass is 247 g/mol. The van der Waals surface area contributed by atoms with Gasteiger partial charge in [0, 0.05) is 44.1 Å². The molecule has 18 heavy (non-hydrogen) atoms. The van der Waals surface area contributed by atoms with Crippen molar-refractivity contribution in [2.75, 3.05) is 19.6 Å². The average Bonchev–Trinajstić information content (AvgIpc) is 2.38. The standard InChI is InChI=1S/C15H25N3/c1-12(2)9-15-11-18(8-7-17-15)13(3)14-5-4-6-16-10-14/h4-6,10,12-13,15,17H,7-9,11H2,1-3H3. The summed E-state index contributed by atoms with van der Waals surface area (Å²) in [6.07, 6.45) is 5.09. The third-order valence-electron chi connectivity index (χ3n) is 3.76. The third kappa shape index (κ3) is 3.53. The van der Waals surface area contributed by atoms with Crippen LogP contribution in [0.15, 0.2) is 24.5 Å². The Hall–Kier alpha value is -0.930. The van der Waals surface area contributed by atoms with Gasteiger partial charge in [0.1, 0.15) is 0 Å². The lowest BCUT2D eigenvalue weighted by Gasteiger charge is -2.38. The summed E-state index contributed by atoms with van der Waals surface area (Å²) in [5.74, 6) is 0.760. The van der Waals surface area contributed by atoms with Gasteiger partial charge in [-0.2, -0.15) is 0 Å². The number of nitrogens with one attached hydrogen (secondary N) is 1. The van der Waals surface area contributed by atoms with Crippen molar-refractivity contribution in [3.8, 4) is 0 Å². The van der Waals surface area contributed by atoms with Crippen LogP contribution in [0.25, 0.3) is 0 Å². The molecule has 2 rings (SSSR count). The van der Waals surface area contributed by atoms with Crippen LogP contribution in [-0.2, 0) is 0 Å². The fourth-order valence-corrected chi connectivity index (χ4v) is 2.76. The van der Waals surface area contributed by atoms with Crippen LogP contribution in [0.3, 0.4) is 0 Å². The van der Waals surface area contributed by atoms with Crippen molar-refractivity contribution in [2.45, 2.75) is 39.3 Å². The van der Waals surface area contributed by atoms with E-state index in [1.54, 1.807) is 0 Å². The molecule has 0 bridgehead atoms. The molecule has 2 atom stereocenters. The maximum absolute atomic E-state index is 4.23. The molecule has 1 N–H and O–H groups in total. The number of rotatable bonds is 4. The summed E-state index contributed by atoms with van der Waals surface area (Å²) in [6.45, 7) is 10.3. The number of aromatic nitrogens is 1. The van der Waals surface area contributed by atoms with Gasteiger partial charge in [0.2, 0.25) is 0 Å². The molecular weight excluding hydrogens is 222 g/mol. The Morgan fingerprint density at radius 1 is 1.44 bits per heavy atom. The van der Waals surface area contributed by atoms with Gasteiger partial charge in [-0.15, -0.1) is 0 Å². The average molecular weight is 247 g/mol. The molecule has 100 valence electrons. The zero-order valence-electron chi connectivity index (χ0n) is 11.8. The quantitative estimate of drug-likeness (QED) is 0.886. The number of hydrogen-bond donors (Lipinski definition) is 1. The van der Waals surface area contributed by atoms with Gasteiger partial charge in [-0.05, 0) is 30.9 Å². The normalized spacial score (nSPS) is 23.2. The van der Waals surface area contributed by atoms with E-state index in [1.807, 2.05) is 18.5 Å². The minimum atomic E-state index is 0.468. The van der Waals surface area contributed by atoms with Gasteiger partial charge in [-0.25, -0.2) is 0 Å². The van der Waals surface area contributed by atoms with E-state index >= 15 is 0 Å². The first-order chi connectivity index (χ1) is 8.66. The summed E-state index contributed by atoms with van der Waals surface area (Å²) in [6, 6.07) is 5.31. The fourth-order valence-electron chi connectivity index (χ4n) is 2.76. The first-order valence-electron chi connectivity index (χ1n) is 7.04. The highest BCUT2D eigenvalue weighted by atomic mass is 15.2. The predicted molar refractivity (Wildman–Crippen MR) is 75.5 cm³/mol. The summed E-state index contributed by atoms with van der Waals surface area (Å²) in [5, 5.41) is 3.63. The Balaban J connectivity index is 1.96. The molecule has 1 aromatic heterocycles. The van der Waals surface area contributed by atoms with E-state index in [-0.39, 0.29) is 0 Å². The summed E-state index contributed by atoms with van der Waals surface area (Å²) < 4.78 is 0. The molecule has 1 aliphatic heterocycles. The summed E-state index contributed by atoms with van der Waals surface area (Å²) in [4.78, 5) is 6.80. The second-order valence-corrected chi connectivity index (χ2v) is 5.74. The molecule has 0 spiro atoms. The molecule has 1 aliphatic rings. The van der Waals surface area contributed by atoms with Crippen molar-refractivity contribution >= 4 is 0 Å². The van der Waals surface area contributed by atoms with E-state index in [4.69, 9.17) is 0 Å². The molecule has 2 unspecified atom stereocenters. The number of nitrogens with zero attached hydrogens (tertiary/aromatic N) is 2. The highest BCUT2D eigenvalue weighted by Gasteiger charge is 2.24. The van der Waals surface area contributed by atoms with Crippen molar-refractivity contribution in [3.05, 3.63) is 30.1 Å². The van der Waals surface area contributed by atoms with E-state index in [2.05, 4.69) is 42.0 Å². The van der Waals surface area contributed by atoms with Gasteiger partial charge < -0.3 is 5.32 Å². The topological polar surface area (TPSA) is 28.2 Å². The SMILES string of the molecule is CC(C)CC1CN(C(C)c2cccnc2)CCN1. The van der Waals surface area contributed by atoms with Crippen LogP contribution in [-0.4, -0.2) is 35.6 Å². The van der Waals surface area contributed by atoms with Crippen LogP contribution < -0.4 is 5.32 Å². The van der Waals surface area contributed by atoms with Crippen LogP contribution in [0.1, 0.15) is 38.8 Å². The molecule has 0 amide bonds. The number of hydrogen-bond acceptors (Lipinski definition) is 3. The van der Waals surface area contributed by atoms with Crippen LogP contribution in [0.4, 0.5) is 0 Å². The van der Waals surface area contributed by atoms with E-state index < -0.39 is 0 Å². The third-order valence-corrected chi connectivity index (χ3v) is 3.76. The van der Waals surface area contributed by atoms with Crippen LogP contribution >= 0.6 is 0 Å². The highest BCUT2D eigenvalue weighted by molar-refractivity contribution is 5.13. The van der Waals surface area contributed by atoms with E-state index in [9.17, 15) is 0 Å². The molecule has 0 radical (unpaired) electrons. The first kappa shape index (κ1) is 13.5. The minimum absolute atomic E-state index is 0.468. The lowest BCUT2D eigenvalue weighted by molar-refractivity contribution is 0.143. The highest BCUT2D eigenvalue weighted by Crippen LogP contribution is 2.21. The van der Waals surface area contributed by atoms with Crippen LogP contribution in [0, 0.1) is 5.92 Å². The molecule has 3 nitrogen and oxygen atoms in total. The number of pyridine rings is 1. The molecule has 1 saturated heterocycles. The summed E-state index contributed by atoms with van der Waals surface area (Å²) in [7, 11) is 0. The van der Waals surface area contributed by atoms with Gasteiger partial charge >= 0.3 is 0 Å². The van der Waals surface area contributed by atoms with Crippen molar-refractivity contribution in [1.29, 1.82) is 0 Å². The minimum Gasteiger partial charge on any atom is -0.311 e. The lowest BCUT2D eigenvalue weighted by Crippen LogP contribution is -2.51. The molecule has 2 heterocycles. The summed E-state index contributed by atoms with van der Waals surface area (Å²) >= 11 is 0. The largest absolute Gasteiger partial charge is 0.311 e. The van der Waals surface area contributed by atoms with Gasteiger partial charge in [-0.3, -0.25) is 9.88 Å². The van der Waals surface area contributed by atoms with Gasteiger partial charge in [0.15, 0.2) is 0 Å². The van der Waals surface area contributed by atoms with Crippen LogP contribution in [0.5, 0.6) is 0 Å². The van der Waals surface area contributed by atoms with Gasteiger partial charge in [0.25, 0.3) is 0 Å². The van der Waals surface area contributed by atoms with Gasteiger partial charge in [0.05, 0.1) is 0 Å². The van der Waals surface area contributed by atoms with Crippen molar-refractivity contribution < 1.29 is 0 Å². The summed E-state index contributed by atoms with van der Waals surface area (Å²) in [5.41, 5.74) is 1.32. The first-order valence-corrected chi connectivity index (χ1v) is 7.04. The maximum Gasteiger partial charge on any atom is 0.0336 e. The molecule has 0 aliphatic carbocycles. The van der Waals surface area contributed by atoms with Crippen molar-refractivity contribution in [1.82, 2.24) is 15.2 Å². The van der Waals surface area contributed by atoms with E-state index in [1.165, 1.54) is 12.0 Å². The zero-order chi connectivity index (χ0) is 13.0. The van der Waals surface area contributed by atoms with Crippen molar-refractivity contribution in [3.63, 3.8) is 0 Å². The Bertz CT molecular complexity index is 350. The molecule has 1 aromatic rings. The Morgan fingerprint density at radius 3 is 2.94 bits per heavy atom. The maximum atomic E-state index is 4.23. The number of piperazine rings is 1.